The zero-order valence-electron chi connectivity index (χ0n) is 10.9. The zero-order valence-corrected chi connectivity index (χ0v) is 10.9. The van der Waals surface area contributed by atoms with Gasteiger partial charge in [0, 0.05) is 18.1 Å². The van der Waals surface area contributed by atoms with Gasteiger partial charge in [-0.25, -0.2) is 0 Å². The third kappa shape index (κ3) is 2.97. The molecule has 0 spiro atoms. The molecular formula is C12H12N4O4. The Morgan fingerprint density at radius 1 is 1.10 bits per heavy atom. The zero-order chi connectivity index (χ0) is 14.5. The molecule has 0 saturated carbocycles. The molecule has 0 saturated heterocycles. The lowest BCUT2D eigenvalue weighted by atomic mass is 10.1. The predicted octanol–water partition coefficient (Wildman–Crippen LogP) is 1.39. The largest absolute Gasteiger partial charge is 0.467 e. The van der Waals surface area contributed by atoms with Crippen molar-refractivity contribution < 1.29 is 14.4 Å². The van der Waals surface area contributed by atoms with Crippen LogP contribution in [0.1, 0.15) is 11.4 Å². The van der Waals surface area contributed by atoms with Crippen LogP contribution < -0.4 is 9.47 Å². The molecule has 2 aromatic rings. The minimum Gasteiger partial charge on any atom is -0.467 e. The Morgan fingerprint density at radius 3 is 2.25 bits per heavy atom. The molecule has 0 bridgehead atoms. The van der Waals surface area contributed by atoms with Crippen molar-refractivity contribution in [3.63, 3.8) is 0 Å². The third-order valence-electron chi connectivity index (χ3n) is 2.54. The minimum absolute atomic E-state index is 0.0193. The van der Waals surface area contributed by atoms with Crippen molar-refractivity contribution in [2.75, 3.05) is 14.2 Å². The van der Waals surface area contributed by atoms with Gasteiger partial charge in [0.05, 0.1) is 19.1 Å². The fourth-order valence-corrected chi connectivity index (χ4v) is 1.65. The minimum atomic E-state index is -0.439. The molecule has 0 fully saturated rings. The van der Waals surface area contributed by atoms with Gasteiger partial charge < -0.3 is 9.47 Å². The molecule has 0 aliphatic carbocycles. The normalized spacial score (nSPS) is 10.1. The Kier molecular flexibility index (Phi) is 4.04. The van der Waals surface area contributed by atoms with Crippen LogP contribution in [0.2, 0.25) is 0 Å². The number of nitro benzene ring substituents is 1. The van der Waals surface area contributed by atoms with E-state index in [-0.39, 0.29) is 24.1 Å². The first-order valence-corrected chi connectivity index (χ1v) is 5.69. The summed E-state index contributed by atoms with van der Waals surface area (Å²) in [5.74, 6) is 0.336. The Bertz CT molecular complexity index is 610. The number of methoxy groups -OCH3 is 2. The van der Waals surface area contributed by atoms with E-state index in [2.05, 4.69) is 15.0 Å². The predicted molar refractivity (Wildman–Crippen MR) is 68.8 cm³/mol. The van der Waals surface area contributed by atoms with E-state index in [0.717, 1.165) is 0 Å². The molecule has 0 radical (unpaired) electrons. The molecular weight excluding hydrogens is 264 g/mol. The van der Waals surface area contributed by atoms with E-state index >= 15 is 0 Å². The lowest BCUT2D eigenvalue weighted by Crippen LogP contribution is -2.05. The second kappa shape index (κ2) is 5.91. The molecule has 0 unspecified atom stereocenters. The number of para-hydroxylation sites is 1. The third-order valence-corrected chi connectivity index (χ3v) is 2.54. The molecule has 0 amide bonds. The Hall–Kier alpha value is -2.77. The quantitative estimate of drug-likeness (QED) is 0.600. The van der Waals surface area contributed by atoms with Crippen molar-refractivity contribution in [2.45, 2.75) is 6.42 Å². The summed E-state index contributed by atoms with van der Waals surface area (Å²) >= 11 is 0. The van der Waals surface area contributed by atoms with Crippen LogP contribution in [0.4, 0.5) is 5.69 Å². The van der Waals surface area contributed by atoms with Crippen molar-refractivity contribution in [1.29, 1.82) is 0 Å². The highest BCUT2D eigenvalue weighted by Crippen LogP contribution is 2.21. The molecule has 20 heavy (non-hydrogen) atoms. The van der Waals surface area contributed by atoms with Crippen LogP contribution >= 0.6 is 0 Å². The smallest absolute Gasteiger partial charge is 0.322 e. The van der Waals surface area contributed by atoms with Gasteiger partial charge in [0.1, 0.15) is 5.82 Å². The number of nitrogens with zero attached hydrogens (tertiary/aromatic N) is 4. The number of hydrogen-bond acceptors (Lipinski definition) is 7. The Labute approximate surface area is 114 Å². The highest BCUT2D eigenvalue weighted by atomic mass is 16.6. The molecule has 0 aliphatic rings. The van der Waals surface area contributed by atoms with Crippen LogP contribution in [-0.2, 0) is 6.42 Å². The number of aromatic nitrogens is 3. The van der Waals surface area contributed by atoms with Crippen LogP contribution in [0.5, 0.6) is 12.0 Å². The lowest BCUT2D eigenvalue weighted by molar-refractivity contribution is -0.385. The van der Waals surface area contributed by atoms with E-state index in [1.165, 1.54) is 20.3 Å². The fourth-order valence-electron chi connectivity index (χ4n) is 1.65. The molecule has 2 rings (SSSR count). The van der Waals surface area contributed by atoms with Crippen LogP contribution in [0.15, 0.2) is 24.3 Å². The summed E-state index contributed by atoms with van der Waals surface area (Å²) in [6, 6.07) is 6.62. The van der Waals surface area contributed by atoms with Crippen LogP contribution in [-0.4, -0.2) is 34.1 Å². The summed E-state index contributed by atoms with van der Waals surface area (Å²) in [5.41, 5.74) is 0.527. The average molecular weight is 276 g/mol. The average Bonchev–Trinajstić information content (AvgIpc) is 2.47. The molecule has 0 aliphatic heterocycles. The molecule has 0 atom stereocenters. The molecule has 104 valence electrons. The summed E-state index contributed by atoms with van der Waals surface area (Å²) < 4.78 is 9.87. The highest BCUT2D eigenvalue weighted by molar-refractivity contribution is 5.41. The second-order valence-corrected chi connectivity index (χ2v) is 3.79. The topological polar surface area (TPSA) is 100 Å². The van der Waals surface area contributed by atoms with E-state index in [1.807, 2.05) is 0 Å². The summed E-state index contributed by atoms with van der Waals surface area (Å²) in [7, 11) is 2.84. The van der Waals surface area contributed by atoms with Gasteiger partial charge in [-0.1, -0.05) is 18.2 Å². The van der Waals surface area contributed by atoms with Crippen molar-refractivity contribution in [1.82, 2.24) is 15.0 Å². The SMILES string of the molecule is COc1nc(Cc2ccccc2[N+](=O)[O-])nc(OC)n1. The van der Waals surface area contributed by atoms with Gasteiger partial charge in [-0.05, 0) is 0 Å². The Balaban J connectivity index is 2.37. The first kappa shape index (κ1) is 13.7. The van der Waals surface area contributed by atoms with E-state index < -0.39 is 4.92 Å². The maximum Gasteiger partial charge on any atom is 0.322 e. The van der Waals surface area contributed by atoms with Crippen molar-refractivity contribution >= 4 is 5.69 Å². The number of nitro groups is 1. The van der Waals surface area contributed by atoms with Crippen LogP contribution in [0.3, 0.4) is 0 Å². The van der Waals surface area contributed by atoms with E-state index in [4.69, 9.17) is 9.47 Å². The van der Waals surface area contributed by atoms with Crippen molar-refractivity contribution in [3.8, 4) is 12.0 Å². The second-order valence-electron chi connectivity index (χ2n) is 3.79. The maximum absolute atomic E-state index is 11.0. The van der Waals surface area contributed by atoms with Gasteiger partial charge in [-0.15, -0.1) is 4.98 Å². The Morgan fingerprint density at radius 2 is 1.70 bits per heavy atom. The van der Waals surface area contributed by atoms with E-state index in [9.17, 15) is 10.1 Å². The summed E-state index contributed by atoms with van der Waals surface area (Å²) in [4.78, 5) is 22.5. The van der Waals surface area contributed by atoms with Crippen molar-refractivity contribution in [3.05, 3.63) is 45.8 Å². The van der Waals surface area contributed by atoms with Crippen molar-refractivity contribution in [2.24, 2.45) is 0 Å². The molecule has 8 heteroatoms. The molecule has 1 aromatic heterocycles. The van der Waals surface area contributed by atoms with Gasteiger partial charge in [0.15, 0.2) is 0 Å². The highest BCUT2D eigenvalue weighted by Gasteiger charge is 2.15. The standard InChI is InChI=1S/C12H12N4O4/c1-19-11-13-10(14-12(15-11)20-2)7-8-5-3-4-6-9(8)16(17)18/h3-6H,7H2,1-2H3. The lowest BCUT2D eigenvalue weighted by Gasteiger charge is -2.05. The fraction of sp³-hybridized carbons (Fsp3) is 0.250. The van der Waals surface area contributed by atoms with Crippen LogP contribution in [0.25, 0.3) is 0 Å². The summed E-state index contributed by atoms with van der Waals surface area (Å²) in [6.07, 6.45) is 0.187. The number of benzene rings is 1. The molecule has 1 heterocycles. The monoisotopic (exact) mass is 276 g/mol. The number of ether oxygens (including phenoxy) is 2. The van der Waals surface area contributed by atoms with Gasteiger partial charge in [0.25, 0.3) is 5.69 Å². The van der Waals surface area contributed by atoms with Gasteiger partial charge >= 0.3 is 12.0 Å². The van der Waals surface area contributed by atoms with E-state index in [0.29, 0.717) is 11.4 Å². The van der Waals surface area contributed by atoms with Gasteiger partial charge in [0.2, 0.25) is 0 Å². The van der Waals surface area contributed by atoms with E-state index in [1.54, 1.807) is 18.2 Å². The number of rotatable bonds is 5. The van der Waals surface area contributed by atoms with Gasteiger partial charge in [-0.3, -0.25) is 10.1 Å². The van der Waals surface area contributed by atoms with Gasteiger partial charge in [-0.2, -0.15) is 9.97 Å². The van der Waals surface area contributed by atoms with Crippen LogP contribution in [0, 0.1) is 10.1 Å². The molecule has 0 N–H and O–H groups in total. The number of hydrogen-bond donors (Lipinski definition) is 0. The molecule has 1 aromatic carbocycles. The maximum atomic E-state index is 11.0. The summed E-state index contributed by atoms with van der Waals surface area (Å²) in [5, 5.41) is 11.0. The summed E-state index contributed by atoms with van der Waals surface area (Å²) in [6.45, 7) is 0. The molecule has 8 nitrogen and oxygen atoms in total. The first-order valence-electron chi connectivity index (χ1n) is 5.69. The first-order chi connectivity index (χ1) is 9.63.